The normalized spacial score (nSPS) is 19.1. The van der Waals surface area contributed by atoms with Crippen molar-refractivity contribution in [1.29, 1.82) is 5.26 Å². The van der Waals surface area contributed by atoms with Gasteiger partial charge in [0.1, 0.15) is 29.5 Å². The number of phenols is 1. The Bertz CT molecular complexity index is 1780. The summed E-state index contributed by atoms with van der Waals surface area (Å²) in [7, 11) is -4.83. The number of amides is 1. The first-order chi connectivity index (χ1) is 22.4. The molecule has 8 nitrogen and oxygen atoms in total. The molecule has 0 aromatic heterocycles. The van der Waals surface area contributed by atoms with E-state index in [2.05, 4.69) is 10.3 Å². The maximum atomic E-state index is 14.8. The number of sulfonamides is 1. The zero-order valence-corrected chi connectivity index (χ0v) is 27.4. The number of alkyl halides is 3. The van der Waals surface area contributed by atoms with Crippen molar-refractivity contribution >= 4 is 53.4 Å². The molecule has 47 heavy (non-hydrogen) atoms. The number of nitrogens with zero attached hydrogens (tertiary/aromatic N) is 2. The SMILES string of the molecule is N#C[Se]CCCCCC(=O)Nc1ccc(C2=C(c3ccc(O)cc3)C3CC(S(=O)(=O)N(CC(F)(F)F)c4ccccc4F)C2O3)cc1. The number of carbonyl (C=O) groups excluding carboxylic acids is 1. The molecule has 0 spiro atoms. The van der Waals surface area contributed by atoms with Gasteiger partial charge in [-0.05, 0) is 41.8 Å². The molecular formula is C33H31F4N3O5SSe. The third kappa shape index (κ3) is 7.98. The van der Waals surface area contributed by atoms with Crippen LogP contribution in [-0.2, 0) is 19.6 Å². The summed E-state index contributed by atoms with van der Waals surface area (Å²) in [4.78, 5) is 14.6. The first kappa shape index (κ1) is 34.4. The van der Waals surface area contributed by atoms with Crippen LogP contribution in [0, 0.1) is 16.0 Å². The van der Waals surface area contributed by atoms with Crippen LogP contribution in [0.1, 0.15) is 43.2 Å². The number of anilines is 2. The zero-order chi connectivity index (χ0) is 33.8. The van der Waals surface area contributed by atoms with Gasteiger partial charge in [-0.3, -0.25) is 4.31 Å². The second-order valence-corrected chi connectivity index (χ2v) is 15.1. The van der Waals surface area contributed by atoms with Gasteiger partial charge in [-0.15, -0.1) is 0 Å². The van der Waals surface area contributed by atoms with Crippen molar-refractivity contribution in [3.63, 3.8) is 0 Å². The van der Waals surface area contributed by atoms with Gasteiger partial charge in [-0.25, -0.2) is 12.8 Å². The Hall–Kier alpha value is -3.89. The fourth-order valence-corrected chi connectivity index (χ4v) is 8.86. The van der Waals surface area contributed by atoms with Crippen molar-refractivity contribution in [3.05, 3.63) is 89.7 Å². The topological polar surface area (TPSA) is 120 Å². The zero-order valence-electron chi connectivity index (χ0n) is 24.9. The summed E-state index contributed by atoms with van der Waals surface area (Å²) >= 11 is -0.0298. The predicted octanol–water partition coefficient (Wildman–Crippen LogP) is 6.48. The molecule has 3 aromatic rings. The van der Waals surface area contributed by atoms with E-state index in [1.165, 1.54) is 24.3 Å². The Morgan fingerprint density at radius 3 is 2.32 bits per heavy atom. The molecule has 0 radical (unpaired) electrons. The predicted molar refractivity (Wildman–Crippen MR) is 170 cm³/mol. The molecule has 0 aliphatic carbocycles. The monoisotopic (exact) mass is 737 g/mol. The number of phenolic OH excluding ortho intramolecular Hbond substituents is 1. The summed E-state index contributed by atoms with van der Waals surface area (Å²) in [5.74, 6) is -1.28. The van der Waals surface area contributed by atoms with Crippen molar-refractivity contribution < 1.29 is 40.6 Å². The molecule has 2 aliphatic rings. The molecule has 14 heteroatoms. The number of nitriles is 1. The molecule has 1 amide bonds. The van der Waals surface area contributed by atoms with E-state index in [0.29, 0.717) is 40.8 Å². The van der Waals surface area contributed by atoms with E-state index in [4.69, 9.17) is 10.00 Å². The van der Waals surface area contributed by atoms with Crippen LogP contribution in [0.15, 0.2) is 72.8 Å². The molecule has 1 saturated heterocycles. The number of aromatic hydroxyl groups is 1. The average molecular weight is 737 g/mol. The Labute approximate surface area is 276 Å². The fraction of sp³-hybridized carbons (Fsp3) is 0.333. The molecule has 248 valence electrons. The van der Waals surface area contributed by atoms with E-state index in [9.17, 15) is 35.9 Å². The minimum atomic E-state index is -4.96. The third-order valence-electron chi connectivity index (χ3n) is 8.00. The molecule has 2 aliphatic heterocycles. The van der Waals surface area contributed by atoms with Gasteiger partial charge in [0, 0.05) is 0 Å². The van der Waals surface area contributed by atoms with Crippen LogP contribution in [0.2, 0.25) is 5.32 Å². The number of benzene rings is 3. The van der Waals surface area contributed by atoms with E-state index in [1.54, 1.807) is 36.4 Å². The van der Waals surface area contributed by atoms with Gasteiger partial charge in [0.05, 0.1) is 11.8 Å². The number of para-hydroxylation sites is 1. The van der Waals surface area contributed by atoms with Crippen LogP contribution in [0.25, 0.3) is 11.1 Å². The van der Waals surface area contributed by atoms with Crippen molar-refractivity contribution in [2.24, 2.45) is 0 Å². The van der Waals surface area contributed by atoms with Gasteiger partial charge in [0.15, 0.2) is 0 Å². The van der Waals surface area contributed by atoms with Gasteiger partial charge in [-0.2, -0.15) is 13.2 Å². The van der Waals surface area contributed by atoms with Gasteiger partial charge in [-0.1, -0.05) is 24.3 Å². The maximum absolute atomic E-state index is 14.8. The second kappa shape index (κ2) is 14.5. The number of ether oxygens (including phenoxy) is 1. The fourth-order valence-electron chi connectivity index (χ4n) is 5.93. The van der Waals surface area contributed by atoms with E-state index in [0.717, 1.165) is 30.3 Å². The number of halogens is 4. The van der Waals surface area contributed by atoms with Crippen LogP contribution in [0.4, 0.5) is 28.9 Å². The van der Waals surface area contributed by atoms with Gasteiger partial charge in [0.2, 0.25) is 10.0 Å². The second-order valence-electron chi connectivity index (χ2n) is 11.2. The van der Waals surface area contributed by atoms with Gasteiger partial charge in [0.25, 0.3) is 0 Å². The van der Waals surface area contributed by atoms with Crippen LogP contribution in [-0.4, -0.2) is 64.6 Å². The van der Waals surface area contributed by atoms with Crippen molar-refractivity contribution in [3.8, 4) is 10.7 Å². The van der Waals surface area contributed by atoms with Crippen molar-refractivity contribution in [2.75, 3.05) is 16.2 Å². The van der Waals surface area contributed by atoms with E-state index >= 15 is 0 Å². The molecule has 1 fully saturated rings. The summed E-state index contributed by atoms with van der Waals surface area (Å²) in [5.41, 5.74) is 2.03. The number of carbonyl (C=O) groups is 1. The number of nitrogens with one attached hydrogen (secondary N) is 1. The first-order valence-corrected chi connectivity index (χ1v) is 18.4. The Morgan fingerprint density at radius 1 is 1.00 bits per heavy atom. The average Bonchev–Trinajstić information content (AvgIpc) is 3.63. The van der Waals surface area contributed by atoms with Crippen LogP contribution >= 0.6 is 0 Å². The summed E-state index contributed by atoms with van der Waals surface area (Å²) in [6.07, 6.45) is -4.38. The number of rotatable bonds is 13. The molecule has 2 N–H and O–H groups in total. The number of hydrogen-bond donors (Lipinski definition) is 2. The minimum absolute atomic E-state index is 0.0104. The molecule has 3 aromatic carbocycles. The Morgan fingerprint density at radius 2 is 1.66 bits per heavy atom. The Balaban J connectivity index is 1.44. The number of hydrogen-bond acceptors (Lipinski definition) is 6. The summed E-state index contributed by atoms with van der Waals surface area (Å²) in [6.45, 7) is -1.91. The standard InChI is InChI=1S/C33H31F4N3O5SSe/c34-25-6-3-4-7-26(25)40(19-33(35,36)37)46(43,44)28-18-27-30(21-11-15-24(41)16-12-21)31(32(28)45-27)22-9-13-23(14-10-22)39-29(42)8-2-1-5-17-47-20-38/h3-4,6-7,9-16,27-28,32,41H,1-2,5,8,17-19H2,(H,39,42). The molecule has 2 bridgehead atoms. The van der Waals surface area contributed by atoms with Gasteiger partial charge >= 0.3 is 119 Å². The van der Waals surface area contributed by atoms with Crippen LogP contribution < -0.4 is 9.62 Å². The molecule has 0 saturated carbocycles. The summed E-state index contributed by atoms with van der Waals surface area (Å²) in [6, 6.07) is 17.3. The van der Waals surface area contributed by atoms with Crippen molar-refractivity contribution in [1.82, 2.24) is 0 Å². The number of unbranched alkanes of at least 4 members (excludes halogenated alkanes) is 2. The first-order valence-electron chi connectivity index (χ1n) is 14.8. The van der Waals surface area contributed by atoms with Crippen LogP contribution in [0.5, 0.6) is 5.75 Å². The molecule has 5 rings (SSSR count). The molecule has 3 unspecified atom stereocenters. The van der Waals surface area contributed by atoms with Crippen molar-refractivity contribution in [2.45, 2.75) is 61.1 Å². The van der Waals surface area contributed by atoms with E-state index < -0.39 is 51.7 Å². The van der Waals surface area contributed by atoms with E-state index in [-0.39, 0.29) is 37.3 Å². The summed E-state index contributed by atoms with van der Waals surface area (Å²) in [5, 5.41) is 20.7. The molecule has 2 heterocycles. The van der Waals surface area contributed by atoms with Gasteiger partial charge < -0.3 is 9.84 Å². The summed E-state index contributed by atoms with van der Waals surface area (Å²) < 4.78 is 90.2. The molecular weight excluding hydrogens is 705 g/mol. The quantitative estimate of drug-likeness (QED) is 0.118. The van der Waals surface area contributed by atoms with Crippen LogP contribution in [0.3, 0.4) is 0 Å². The Kier molecular flexibility index (Phi) is 10.6. The van der Waals surface area contributed by atoms with E-state index in [1.807, 2.05) is 0 Å². The number of fused-ring (bicyclic) bond motifs is 2. The third-order valence-corrected chi connectivity index (χ3v) is 11.4. The molecule has 3 atom stereocenters.